The quantitative estimate of drug-likeness (QED) is 0.181. The summed E-state index contributed by atoms with van der Waals surface area (Å²) in [6.07, 6.45) is 0. The normalized spacial score (nSPS) is 11.7. The number of benzene rings is 8. The fourth-order valence-corrected chi connectivity index (χ4v) is 8.57. The van der Waals surface area contributed by atoms with Crippen LogP contribution < -0.4 is 4.90 Å². The van der Waals surface area contributed by atoms with Crippen molar-refractivity contribution in [2.24, 2.45) is 0 Å². The Hall–Kier alpha value is -6.16. The van der Waals surface area contributed by atoms with Gasteiger partial charge in [0.25, 0.3) is 0 Å². The Kier molecular flexibility index (Phi) is 6.39. The van der Waals surface area contributed by atoms with E-state index in [0.717, 1.165) is 17.1 Å². The number of rotatable bonds is 5. The number of anilines is 3. The van der Waals surface area contributed by atoms with Gasteiger partial charge in [-0.15, -0.1) is 11.3 Å². The van der Waals surface area contributed by atoms with E-state index in [2.05, 4.69) is 191 Å². The SMILES string of the molecule is c1ccc(-n2c3ccccc3c3cc(-c4ccc(N(c5ccc6ccccc6c5)c5ccc6c(c5)sc5ccccc56)cc4)ccc32)cc1. The van der Waals surface area contributed by atoms with Crippen molar-refractivity contribution < 1.29 is 0 Å². The first kappa shape index (κ1) is 27.9. The van der Waals surface area contributed by atoms with Crippen molar-refractivity contribution in [3.8, 4) is 16.8 Å². The third kappa shape index (κ3) is 4.62. The van der Waals surface area contributed by atoms with E-state index in [1.165, 1.54) is 69.6 Å². The second-order valence-corrected chi connectivity index (χ2v) is 13.7. The van der Waals surface area contributed by atoms with Crippen LogP contribution in [0, 0.1) is 0 Å². The Morgan fingerprint density at radius 1 is 0.367 bits per heavy atom. The minimum Gasteiger partial charge on any atom is -0.310 e. The van der Waals surface area contributed by atoms with E-state index in [-0.39, 0.29) is 0 Å². The van der Waals surface area contributed by atoms with Crippen molar-refractivity contribution in [1.29, 1.82) is 0 Å². The molecule has 0 aliphatic carbocycles. The van der Waals surface area contributed by atoms with Crippen LogP contribution in [0.3, 0.4) is 0 Å². The summed E-state index contributed by atoms with van der Waals surface area (Å²) in [5.41, 5.74) is 9.43. The summed E-state index contributed by atoms with van der Waals surface area (Å²) in [7, 11) is 0. The van der Waals surface area contributed by atoms with Crippen LogP contribution in [0.2, 0.25) is 0 Å². The maximum atomic E-state index is 2.39. The molecule has 0 atom stereocenters. The zero-order valence-electron chi connectivity index (χ0n) is 26.6. The van der Waals surface area contributed by atoms with Crippen LogP contribution in [0.25, 0.3) is 69.6 Å². The first-order valence-electron chi connectivity index (χ1n) is 16.7. The highest BCUT2D eigenvalue weighted by Gasteiger charge is 2.17. The molecule has 230 valence electrons. The van der Waals surface area contributed by atoms with Gasteiger partial charge in [-0.2, -0.15) is 0 Å². The molecule has 0 radical (unpaired) electrons. The van der Waals surface area contributed by atoms with E-state index in [9.17, 15) is 0 Å². The van der Waals surface area contributed by atoms with Crippen LogP contribution >= 0.6 is 11.3 Å². The smallest absolute Gasteiger partial charge is 0.0541 e. The van der Waals surface area contributed by atoms with Gasteiger partial charge in [-0.1, -0.05) is 109 Å². The number of para-hydroxylation sites is 2. The summed E-state index contributed by atoms with van der Waals surface area (Å²) in [4.78, 5) is 2.39. The van der Waals surface area contributed by atoms with Gasteiger partial charge in [0, 0.05) is 53.7 Å². The van der Waals surface area contributed by atoms with Crippen LogP contribution in [0.1, 0.15) is 0 Å². The third-order valence-corrected chi connectivity index (χ3v) is 10.9. The van der Waals surface area contributed by atoms with Crippen molar-refractivity contribution >= 4 is 81.1 Å². The Morgan fingerprint density at radius 2 is 1.00 bits per heavy atom. The molecule has 49 heavy (non-hydrogen) atoms. The zero-order chi connectivity index (χ0) is 32.3. The summed E-state index contributed by atoms with van der Waals surface area (Å²) < 4.78 is 4.98. The van der Waals surface area contributed by atoms with Gasteiger partial charge in [0.15, 0.2) is 0 Å². The molecular formula is C46H30N2S. The van der Waals surface area contributed by atoms with Gasteiger partial charge >= 0.3 is 0 Å². The molecule has 0 aliphatic rings. The molecule has 0 aliphatic heterocycles. The minimum absolute atomic E-state index is 1.13. The van der Waals surface area contributed by atoms with Crippen LogP contribution in [-0.2, 0) is 0 Å². The maximum absolute atomic E-state index is 2.39. The molecule has 0 saturated heterocycles. The summed E-state index contributed by atoms with van der Waals surface area (Å²) in [5, 5.41) is 7.62. The molecule has 0 bridgehead atoms. The fourth-order valence-electron chi connectivity index (χ4n) is 7.43. The molecule has 10 aromatic rings. The van der Waals surface area contributed by atoms with Crippen LogP contribution in [-0.4, -0.2) is 4.57 Å². The topological polar surface area (TPSA) is 8.17 Å². The van der Waals surface area contributed by atoms with Crippen LogP contribution in [0.15, 0.2) is 182 Å². The van der Waals surface area contributed by atoms with Crippen molar-refractivity contribution in [2.45, 2.75) is 0 Å². The number of hydrogen-bond acceptors (Lipinski definition) is 2. The summed E-state index contributed by atoms with van der Waals surface area (Å²) in [6.45, 7) is 0. The van der Waals surface area contributed by atoms with Crippen LogP contribution in [0.4, 0.5) is 17.1 Å². The minimum atomic E-state index is 1.13. The van der Waals surface area contributed by atoms with Crippen molar-refractivity contribution in [3.05, 3.63) is 182 Å². The number of hydrogen-bond donors (Lipinski definition) is 0. The largest absolute Gasteiger partial charge is 0.310 e. The molecule has 0 spiro atoms. The number of aromatic nitrogens is 1. The summed E-state index contributed by atoms with van der Waals surface area (Å²) in [5.74, 6) is 0. The molecule has 2 aromatic heterocycles. The lowest BCUT2D eigenvalue weighted by atomic mass is 10.0. The lowest BCUT2D eigenvalue weighted by Gasteiger charge is -2.26. The predicted octanol–water partition coefficient (Wildman–Crippen LogP) is 13.4. The van der Waals surface area contributed by atoms with Gasteiger partial charge < -0.3 is 9.47 Å². The molecular weight excluding hydrogens is 613 g/mol. The van der Waals surface area contributed by atoms with Crippen molar-refractivity contribution in [1.82, 2.24) is 4.57 Å². The van der Waals surface area contributed by atoms with Crippen LogP contribution in [0.5, 0.6) is 0 Å². The molecule has 10 rings (SSSR count). The second kappa shape index (κ2) is 11.2. The summed E-state index contributed by atoms with van der Waals surface area (Å²) in [6, 6.07) is 66.2. The van der Waals surface area contributed by atoms with E-state index in [0.29, 0.717) is 0 Å². The molecule has 0 fully saturated rings. The Labute approximate surface area is 288 Å². The van der Waals surface area contributed by atoms with Crippen molar-refractivity contribution in [3.63, 3.8) is 0 Å². The fraction of sp³-hybridized carbons (Fsp3) is 0. The lowest BCUT2D eigenvalue weighted by Crippen LogP contribution is -2.09. The second-order valence-electron chi connectivity index (χ2n) is 12.6. The highest BCUT2D eigenvalue weighted by atomic mass is 32.1. The number of nitrogens with zero attached hydrogens (tertiary/aromatic N) is 2. The van der Waals surface area contributed by atoms with Gasteiger partial charge in [0.05, 0.1) is 11.0 Å². The average Bonchev–Trinajstić information content (AvgIpc) is 3.70. The van der Waals surface area contributed by atoms with Gasteiger partial charge in [-0.05, 0) is 94.7 Å². The molecule has 8 aromatic carbocycles. The van der Waals surface area contributed by atoms with E-state index in [1.54, 1.807) is 0 Å². The monoisotopic (exact) mass is 642 g/mol. The van der Waals surface area contributed by atoms with Crippen molar-refractivity contribution in [2.75, 3.05) is 4.90 Å². The van der Waals surface area contributed by atoms with E-state index in [1.807, 2.05) is 11.3 Å². The standard InChI is InChI=1S/C46H30N2S/c1-2-12-35(13-3-1)48-43-16-8-6-14-39(43)42-29-34(21-27-44(42)48)32-18-22-36(23-19-32)47(37-24-20-31-10-4-5-11-33(31)28-37)38-25-26-41-40-15-7-9-17-45(40)49-46(41)30-38/h1-30H. The Morgan fingerprint density at radius 3 is 1.88 bits per heavy atom. The first-order valence-corrected chi connectivity index (χ1v) is 17.5. The number of thiophene rings is 1. The maximum Gasteiger partial charge on any atom is 0.0541 e. The molecule has 2 nitrogen and oxygen atoms in total. The van der Waals surface area contributed by atoms with Gasteiger partial charge in [-0.25, -0.2) is 0 Å². The highest BCUT2D eigenvalue weighted by Crippen LogP contribution is 2.42. The lowest BCUT2D eigenvalue weighted by molar-refractivity contribution is 1.18. The highest BCUT2D eigenvalue weighted by molar-refractivity contribution is 7.25. The van der Waals surface area contributed by atoms with E-state index in [4.69, 9.17) is 0 Å². The zero-order valence-corrected chi connectivity index (χ0v) is 27.4. The molecule has 0 unspecified atom stereocenters. The molecule has 0 N–H and O–H groups in total. The predicted molar refractivity (Wildman–Crippen MR) is 211 cm³/mol. The van der Waals surface area contributed by atoms with E-state index < -0.39 is 0 Å². The molecule has 2 heterocycles. The third-order valence-electron chi connectivity index (χ3n) is 9.76. The molecule has 0 amide bonds. The van der Waals surface area contributed by atoms with Gasteiger partial charge in [-0.3, -0.25) is 0 Å². The molecule has 3 heteroatoms. The van der Waals surface area contributed by atoms with Gasteiger partial charge in [0.2, 0.25) is 0 Å². The Balaban J connectivity index is 1.09. The molecule has 0 saturated carbocycles. The van der Waals surface area contributed by atoms with Gasteiger partial charge in [0.1, 0.15) is 0 Å². The summed E-state index contributed by atoms with van der Waals surface area (Å²) >= 11 is 1.86. The number of fused-ring (bicyclic) bond motifs is 7. The first-order chi connectivity index (χ1) is 24.3. The average molecular weight is 643 g/mol. The Bertz CT molecular complexity index is 2830. The van der Waals surface area contributed by atoms with E-state index >= 15 is 0 Å².